The minimum atomic E-state index is -0.307. The molecule has 4 heteroatoms. The van der Waals surface area contributed by atoms with Crippen molar-refractivity contribution in [1.82, 2.24) is 9.88 Å². The van der Waals surface area contributed by atoms with Crippen LogP contribution in [0, 0.1) is 6.92 Å². The zero-order valence-corrected chi connectivity index (χ0v) is 12.0. The van der Waals surface area contributed by atoms with E-state index in [-0.39, 0.29) is 23.1 Å². The Morgan fingerprint density at radius 3 is 2.67 bits per heavy atom. The van der Waals surface area contributed by atoms with E-state index >= 15 is 0 Å². The van der Waals surface area contributed by atoms with E-state index in [1.807, 2.05) is 35.2 Å². The number of hydrogen-bond acceptors (Lipinski definition) is 2. The molecule has 1 N–H and O–H groups in total. The Labute approximate surface area is 123 Å². The average Bonchev–Trinajstić information content (AvgIpc) is 2.97. The maximum absolute atomic E-state index is 12.7. The quantitative estimate of drug-likeness (QED) is 0.920. The Balaban J connectivity index is 1.92. The first kappa shape index (κ1) is 13.6. The number of aryl methyl sites for hydroxylation is 1. The van der Waals surface area contributed by atoms with E-state index in [1.165, 1.54) is 0 Å². The summed E-state index contributed by atoms with van der Waals surface area (Å²) in [5, 5.41) is 0. The number of aromatic nitrogens is 1. The third-order valence-electron chi connectivity index (χ3n) is 3.98. The van der Waals surface area contributed by atoms with Gasteiger partial charge in [0.05, 0.1) is 6.04 Å². The fourth-order valence-electron chi connectivity index (χ4n) is 2.93. The van der Waals surface area contributed by atoms with Crippen molar-refractivity contribution < 1.29 is 4.79 Å². The molecular weight excluding hydrogens is 264 g/mol. The van der Waals surface area contributed by atoms with E-state index in [4.69, 9.17) is 0 Å². The molecule has 21 heavy (non-hydrogen) atoms. The highest BCUT2D eigenvalue weighted by Gasteiger charge is 2.31. The van der Waals surface area contributed by atoms with Crippen molar-refractivity contribution in [2.75, 3.05) is 6.54 Å². The highest BCUT2D eigenvalue weighted by Crippen LogP contribution is 2.32. The second-order valence-corrected chi connectivity index (χ2v) is 5.45. The van der Waals surface area contributed by atoms with Crippen molar-refractivity contribution in [2.24, 2.45) is 0 Å². The number of aromatic amines is 1. The van der Waals surface area contributed by atoms with Crippen LogP contribution in [0.2, 0.25) is 0 Å². The Kier molecular flexibility index (Phi) is 3.60. The van der Waals surface area contributed by atoms with E-state index < -0.39 is 0 Å². The van der Waals surface area contributed by atoms with Crippen molar-refractivity contribution >= 4 is 5.91 Å². The first-order valence-corrected chi connectivity index (χ1v) is 7.22. The van der Waals surface area contributed by atoms with E-state index in [2.05, 4.69) is 4.98 Å². The van der Waals surface area contributed by atoms with Crippen molar-refractivity contribution in [1.29, 1.82) is 0 Å². The Morgan fingerprint density at radius 2 is 1.95 bits per heavy atom. The molecule has 1 aliphatic heterocycles. The average molecular weight is 282 g/mol. The molecule has 0 radical (unpaired) electrons. The van der Waals surface area contributed by atoms with Crippen LogP contribution in [0.4, 0.5) is 0 Å². The summed E-state index contributed by atoms with van der Waals surface area (Å²) in [4.78, 5) is 29.2. The van der Waals surface area contributed by atoms with E-state index in [0.717, 1.165) is 24.1 Å². The van der Waals surface area contributed by atoms with Gasteiger partial charge in [-0.2, -0.15) is 0 Å². The molecule has 1 aromatic heterocycles. The lowest BCUT2D eigenvalue weighted by atomic mass is 10.0. The molecular formula is C17H18N2O2. The first-order chi connectivity index (χ1) is 10.2. The summed E-state index contributed by atoms with van der Waals surface area (Å²) in [6.45, 7) is 2.50. The molecule has 1 aromatic carbocycles. The van der Waals surface area contributed by atoms with Gasteiger partial charge in [-0.1, -0.05) is 30.3 Å². The number of amides is 1. The van der Waals surface area contributed by atoms with Crippen LogP contribution in [-0.4, -0.2) is 22.3 Å². The number of carbonyl (C=O) groups is 1. The van der Waals surface area contributed by atoms with Gasteiger partial charge in [0.1, 0.15) is 5.56 Å². The second kappa shape index (κ2) is 5.56. The van der Waals surface area contributed by atoms with Gasteiger partial charge in [0.2, 0.25) is 0 Å². The Hall–Kier alpha value is -2.36. The summed E-state index contributed by atoms with van der Waals surface area (Å²) in [5.74, 6) is -0.178. The molecule has 0 bridgehead atoms. The fourth-order valence-corrected chi connectivity index (χ4v) is 2.93. The lowest BCUT2D eigenvalue weighted by Crippen LogP contribution is -2.34. The number of pyridine rings is 1. The molecule has 2 aromatic rings. The zero-order valence-electron chi connectivity index (χ0n) is 12.0. The number of benzene rings is 1. The van der Waals surface area contributed by atoms with Gasteiger partial charge in [0.25, 0.3) is 11.5 Å². The van der Waals surface area contributed by atoms with Crippen LogP contribution in [0.5, 0.6) is 0 Å². The monoisotopic (exact) mass is 282 g/mol. The minimum absolute atomic E-state index is 0.0689. The SMILES string of the molecule is Cc1ccc(C(=O)N2CCC[C@@H]2c2ccccc2)c(=O)[nH]1. The molecule has 108 valence electrons. The maximum Gasteiger partial charge on any atom is 0.260 e. The van der Waals surface area contributed by atoms with Crippen LogP contribution < -0.4 is 5.56 Å². The standard InChI is InChI=1S/C17H18N2O2/c1-12-9-10-14(16(20)18-12)17(21)19-11-5-8-15(19)13-6-3-2-4-7-13/h2-4,6-7,9-10,15H,5,8,11H2,1H3,(H,18,20)/t15-/m1/s1. The number of H-pyrrole nitrogens is 1. The summed E-state index contributed by atoms with van der Waals surface area (Å²) in [7, 11) is 0. The van der Waals surface area contributed by atoms with Gasteiger partial charge in [-0.25, -0.2) is 0 Å². The molecule has 2 heterocycles. The highest BCUT2D eigenvalue weighted by atomic mass is 16.2. The number of likely N-dealkylation sites (tertiary alicyclic amines) is 1. The maximum atomic E-state index is 12.7. The fraction of sp³-hybridized carbons (Fsp3) is 0.294. The molecule has 1 fully saturated rings. The molecule has 0 spiro atoms. The predicted octanol–water partition coefficient (Wildman–Crippen LogP) is 2.66. The molecule has 1 atom stereocenters. The zero-order chi connectivity index (χ0) is 14.8. The van der Waals surface area contributed by atoms with Crippen LogP contribution in [0.15, 0.2) is 47.3 Å². The lowest BCUT2D eigenvalue weighted by molar-refractivity contribution is 0.0734. The molecule has 3 rings (SSSR count). The van der Waals surface area contributed by atoms with E-state index in [0.29, 0.717) is 6.54 Å². The van der Waals surface area contributed by atoms with Crippen LogP contribution in [0.1, 0.15) is 40.5 Å². The molecule has 4 nitrogen and oxygen atoms in total. The van der Waals surface area contributed by atoms with E-state index in [9.17, 15) is 9.59 Å². The van der Waals surface area contributed by atoms with Gasteiger partial charge in [-0.05, 0) is 37.5 Å². The second-order valence-electron chi connectivity index (χ2n) is 5.45. The van der Waals surface area contributed by atoms with Crippen molar-refractivity contribution in [3.63, 3.8) is 0 Å². The van der Waals surface area contributed by atoms with Crippen LogP contribution in [0.25, 0.3) is 0 Å². The topological polar surface area (TPSA) is 53.2 Å². The molecule has 0 aliphatic carbocycles. The van der Waals surface area contributed by atoms with Crippen molar-refractivity contribution in [2.45, 2.75) is 25.8 Å². The summed E-state index contributed by atoms with van der Waals surface area (Å²) in [5.41, 5.74) is 1.81. The summed E-state index contributed by atoms with van der Waals surface area (Å²) in [6, 6.07) is 13.5. The number of nitrogens with zero attached hydrogens (tertiary/aromatic N) is 1. The molecule has 1 amide bonds. The summed E-state index contributed by atoms with van der Waals surface area (Å²) >= 11 is 0. The number of hydrogen-bond donors (Lipinski definition) is 1. The highest BCUT2D eigenvalue weighted by molar-refractivity contribution is 5.94. The molecule has 0 unspecified atom stereocenters. The normalized spacial score (nSPS) is 18.0. The van der Waals surface area contributed by atoms with Crippen LogP contribution in [-0.2, 0) is 0 Å². The van der Waals surface area contributed by atoms with Crippen molar-refractivity contribution in [3.05, 3.63) is 69.6 Å². The van der Waals surface area contributed by atoms with Crippen LogP contribution in [0.3, 0.4) is 0 Å². The largest absolute Gasteiger partial charge is 0.331 e. The number of carbonyl (C=O) groups excluding carboxylic acids is 1. The van der Waals surface area contributed by atoms with E-state index in [1.54, 1.807) is 19.1 Å². The van der Waals surface area contributed by atoms with Gasteiger partial charge in [0, 0.05) is 12.2 Å². The molecule has 1 aliphatic rings. The van der Waals surface area contributed by atoms with Crippen molar-refractivity contribution in [3.8, 4) is 0 Å². The lowest BCUT2D eigenvalue weighted by Gasteiger charge is -2.25. The first-order valence-electron chi connectivity index (χ1n) is 7.22. The summed E-state index contributed by atoms with van der Waals surface area (Å²) in [6.07, 6.45) is 1.91. The van der Waals surface area contributed by atoms with Gasteiger partial charge in [0.15, 0.2) is 0 Å². The Morgan fingerprint density at radius 1 is 1.19 bits per heavy atom. The number of nitrogens with one attached hydrogen (secondary N) is 1. The van der Waals surface area contributed by atoms with Gasteiger partial charge >= 0.3 is 0 Å². The minimum Gasteiger partial charge on any atom is -0.331 e. The van der Waals surface area contributed by atoms with Gasteiger partial charge in [-0.3, -0.25) is 9.59 Å². The Bertz CT molecular complexity index is 706. The molecule has 0 saturated carbocycles. The van der Waals surface area contributed by atoms with Gasteiger partial charge < -0.3 is 9.88 Å². The predicted molar refractivity (Wildman–Crippen MR) is 81.3 cm³/mol. The van der Waals surface area contributed by atoms with Crippen LogP contribution >= 0.6 is 0 Å². The third kappa shape index (κ3) is 2.61. The van der Waals surface area contributed by atoms with Gasteiger partial charge in [-0.15, -0.1) is 0 Å². The smallest absolute Gasteiger partial charge is 0.260 e. The number of rotatable bonds is 2. The molecule has 1 saturated heterocycles. The summed E-state index contributed by atoms with van der Waals surface area (Å²) < 4.78 is 0. The third-order valence-corrected chi connectivity index (χ3v) is 3.98.